The lowest BCUT2D eigenvalue weighted by Crippen LogP contribution is -2.33. The summed E-state index contributed by atoms with van der Waals surface area (Å²) in [4.78, 5) is 13.7. The summed E-state index contributed by atoms with van der Waals surface area (Å²) in [6.07, 6.45) is 1.64. The summed E-state index contributed by atoms with van der Waals surface area (Å²) in [6.45, 7) is 4.26. The summed E-state index contributed by atoms with van der Waals surface area (Å²) in [5, 5.41) is 8.91. The molecular formula is C13H16ClNO2. The van der Waals surface area contributed by atoms with Crippen LogP contribution in [0.25, 0.3) is 0 Å². The lowest BCUT2D eigenvalue weighted by Gasteiger charge is -2.20. The zero-order valence-corrected chi connectivity index (χ0v) is 10.4. The second kappa shape index (κ2) is 7.09. The molecule has 0 aromatic heterocycles. The third-order valence-electron chi connectivity index (χ3n) is 2.33. The van der Waals surface area contributed by atoms with Gasteiger partial charge >= 0.3 is 0 Å². The number of carbonyl (C=O) groups excluding carboxylic acids is 1. The number of halogens is 1. The molecule has 0 aliphatic heterocycles. The molecule has 1 aromatic rings. The van der Waals surface area contributed by atoms with Gasteiger partial charge in [-0.25, -0.2) is 0 Å². The quantitative estimate of drug-likeness (QED) is 0.623. The second-order valence-corrected chi connectivity index (χ2v) is 3.86. The van der Waals surface area contributed by atoms with Gasteiger partial charge in [0.25, 0.3) is 5.91 Å². The number of hydrogen-bond acceptors (Lipinski definition) is 2. The Morgan fingerprint density at radius 2 is 2.29 bits per heavy atom. The van der Waals surface area contributed by atoms with Gasteiger partial charge in [-0.3, -0.25) is 4.79 Å². The first-order chi connectivity index (χ1) is 8.22. The molecule has 1 amide bonds. The lowest BCUT2D eigenvalue weighted by atomic mass is 10.1. The molecule has 0 bridgehead atoms. The molecule has 0 saturated carbocycles. The number of aliphatic hydroxyl groups excluding tert-OH is 1. The van der Waals surface area contributed by atoms with Crippen molar-refractivity contribution >= 4 is 17.5 Å². The molecule has 0 unspecified atom stereocenters. The average Bonchev–Trinajstić information content (AvgIpc) is 2.38. The number of alkyl halides is 1. The van der Waals surface area contributed by atoms with Gasteiger partial charge in [0, 0.05) is 24.5 Å². The Bertz CT molecular complexity index is 393. The van der Waals surface area contributed by atoms with E-state index in [1.807, 2.05) is 6.07 Å². The van der Waals surface area contributed by atoms with Crippen LogP contribution in [0.1, 0.15) is 15.9 Å². The number of hydrogen-bond donors (Lipinski definition) is 1. The van der Waals surface area contributed by atoms with Crippen molar-refractivity contribution in [1.29, 1.82) is 0 Å². The lowest BCUT2D eigenvalue weighted by molar-refractivity contribution is 0.0743. The van der Waals surface area contributed by atoms with Crippen molar-refractivity contribution in [3.05, 3.63) is 48.0 Å². The van der Waals surface area contributed by atoms with Crippen molar-refractivity contribution in [2.24, 2.45) is 0 Å². The first-order valence-corrected chi connectivity index (χ1v) is 5.92. The van der Waals surface area contributed by atoms with Gasteiger partial charge in [0.05, 0.1) is 6.61 Å². The smallest absolute Gasteiger partial charge is 0.254 e. The molecule has 0 fully saturated rings. The molecule has 1 aromatic carbocycles. The van der Waals surface area contributed by atoms with Gasteiger partial charge in [-0.05, 0) is 17.7 Å². The molecule has 3 nitrogen and oxygen atoms in total. The van der Waals surface area contributed by atoms with E-state index < -0.39 is 0 Å². The summed E-state index contributed by atoms with van der Waals surface area (Å²) in [5.74, 6) is 0.258. The van der Waals surface area contributed by atoms with Gasteiger partial charge in [-0.2, -0.15) is 0 Å². The molecule has 0 aliphatic carbocycles. The first-order valence-electron chi connectivity index (χ1n) is 5.39. The Hall–Kier alpha value is -1.32. The van der Waals surface area contributed by atoms with Crippen LogP contribution >= 0.6 is 11.6 Å². The van der Waals surface area contributed by atoms with Crippen LogP contribution in [0.2, 0.25) is 0 Å². The fraction of sp³-hybridized carbons (Fsp3) is 0.308. The van der Waals surface area contributed by atoms with E-state index in [0.717, 1.165) is 5.56 Å². The van der Waals surface area contributed by atoms with Crippen molar-refractivity contribution in [3.8, 4) is 0 Å². The molecule has 4 heteroatoms. The van der Waals surface area contributed by atoms with Crippen LogP contribution in [0.3, 0.4) is 0 Å². The molecule has 0 radical (unpaired) electrons. The summed E-state index contributed by atoms with van der Waals surface area (Å²) < 4.78 is 0. The Balaban J connectivity index is 2.87. The van der Waals surface area contributed by atoms with Crippen molar-refractivity contribution in [2.45, 2.75) is 5.88 Å². The maximum atomic E-state index is 12.1. The fourth-order valence-corrected chi connectivity index (χ4v) is 1.69. The summed E-state index contributed by atoms with van der Waals surface area (Å²) in [5.41, 5.74) is 1.48. The second-order valence-electron chi connectivity index (χ2n) is 3.60. The molecule has 0 aliphatic rings. The Labute approximate surface area is 106 Å². The number of carbonyl (C=O) groups is 1. The van der Waals surface area contributed by atoms with Crippen LogP contribution in [-0.2, 0) is 5.88 Å². The van der Waals surface area contributed by atoms with Gasteiger partial charge in [-0.15, -0.1) is 18.2 Å². The third-order valence-corrected chi connectivity index (χ3v) is 2.64. The normalized spacial score (nSPS) is 10.0. The van der Waals surface area contributed by atoms with Crippen LogP contribution in [-0.4, -0.2) is 35.6 Å². The van der Waals surface area contributed by atoms with E-state index in [4.69, 9.17) is 16.7 Å². The standard InChI is InChI=1S/C13H16ClNO2/c1-2-6-15(7-8-16)13(17)12-5-3-4-11(9-12)10-14/h2-5,9,16H,1,6-8,10H2. The molecule has 92 valence electrons. The maximum Gasteiger partial charge on any atom is 0.254 e. The molecule has 1 rings (SSSR count). The van der Waals surface area contributed by atoms with Crippen molar-refractivity contribution < 1.29 is 9.90 Å². The summed E-state index contributed by atoms with van der Waals surface area (Å²) in [6, 6.07) is 7.18. The molecule has 1 N–H and O–H groups in total. The number of benzene rings is 1. The van der Waals surface area contributed by atoms with E-state index in [1.165, 1.54) is 0 Å². The highest BCUT2D eigenvalue weighted by atomic mass is 35.5. The predicted molar refractivity (Wildman–Crippen MR) is 69.2 cm³/mol. The number of rotatable bonds is 6. The summed E-state index contributed by atoms with van der Waals surface area (Å²) in [7, 11) is 0. The zero-order chi connectivity index (χ0) is 12.7. The van der Waals surface area contributed by atoms with E-state index in [-0.39, 0.29) is 12.5 Å². The summed E-state index contributed by atoms with van der Waals surface area (Å²) >= 11 is 5.72. The minimum Gasteiger partial charge on any atom is -0.395 e. The molecule has 0 saturated heterocycles. The van der Waals surface area contributed by atoms with Crippen LogP contribution in [0.15, 0.2) is 36.9 Å². The van der Waals surface area contributed by atoms with Crippen LogP contribution in [0.5, 0.6) is 0 Å². The van der Waals surface area contributed by atoms with Crippen molar-refractivity contribution in [2.75, 3.05) is 19.7 Å². The van der Waals surface area contributed by atoms with Crippen molar-refractivity contribution in [3.63, 3.8) is 0 Å². The van der Waals surface area contributed by atoms with E-state index in [2.05, 4.69) is 6.58 Å². The number of amides is 1. The predicted octanol–water partition coefficient (Wildman–Crippen LogP) is 2.05. The van der Waals surface area contributed by atoms with E-state index in [1.54, 1.807) is 29.2 Å². The van der Waals surface area contributed by atoms with Crippen LogP contribution in [0.4, 0.5) is 0 Å². The highest BCUT2D eigenvalue weighted by molar-refractivity contribution is 6.17. The molecule has 0 spiro atoms. The van der Waals surface area contributed by atoms with Crippen LogP contribution in [0, 0.1) is 0 Å². The van der Waals surface area contributed by atoms with Gasteiger partial charge in [-0.1, -0.05) is 18.2 Å². The molecule has 0 atom stereocenters. The van der Waals surface area contributed by atoms with Gasteiger partial charge in [0.2, 0.25) is 0 Å². The third kappa shape index (κ3) is 3.88. The van der Waals surface area contributed by atoms with Gasteiger partial charge < -0.3 is 10.0 Å². The molecule has 17 heavy (non-hydrogen) atoms. The van der Waals surface area contributed by atoms with E-state index >= 15 is 0 Å². The van der Waals surface area contributed by atoms with E-state index in [9.17, 15) is 4.79 Å². The highest BCUT2D eigenvalue weighted by Crippen LogP contribution is 2.10. The Morgan fingerprint density at radius 1 is 1.53 bits per heavy atom. The number of aliphatic hydroxyl groups is 1. The molecule has 0 heterocycles. The highest BCUT2D eigenvalue weighted by Gasteiger charge is 2.13. The van der Waals surface area contributed by atoms with E-state index in [0.29, 0.717) is 24.5 Å². The number of nitrogens with zero attached hydrogens (tertiary/aromatic N) is 1. The molecular weight excluding hydrogens is 238 g/mol. The van der Waals surface area contributed by atoms with Crippen molar-refractivity contribution in [1.82, 2.24) is 4.90 Å². The SMILES string of the molecule is C=CCN(CCO)C(=O)c1cccc(CCl)c1. The first kappa shape index (κ1) is 13.7. The van der Waals surface area contributed by atoms with Gasteiger partial charge in [0.15, 0.2) is 0 Å². The minimum absolute atomic E-state index is 0.0607. The fourth-order valence-electron chi connectivity index (χ4n) is 1.52. The Morgan fingerprint density at radius 3 is 2.88 bits per heavy atom. The monoisotopic (exact) mass is 253 g/mol. The average molecular weight is 254 g/mol. The van der Waals surface area contributed by atoms with Crippen LogP contribution < -0.4 is 0 Å². The largest absolute Gasteiger partial charge is 0.395 e. The van der Waals surface area contributed by atoms with Gasteiger partial charge in [0.1, 0.15) is 0 Å². The minimum atomic E-state index is -0.120. The zero-order valence-electron chi connectivity index (χ0n) is 9.60. The Kier molecular flexibility index (Phi) is 5.73. The topological polar surface area (TPSA) is 40.5 Å². The maximum absolute atomic E-state index is 12.1.